The molecule has 0 bridgehead atoms. The largest absolute Gasteiger partial charge is 0.495 e. The minimum absolute atomic E-state index is 0.0507. The van der Waals surface area contributed by atoms with Crippen LogP contribution in [0.25, 0.3) is 0 Å². The highest BCUT2D eigenvalue weighted by Gasteiger charge is 2.23. The van der Waals surface area contributed by atoms with Gasteiger partial charge in [-0.2, -0.15) is 0 Å². The number of nitrogens with one attached hydrogen (secondary N) is 2. The fourth-order valence-electron chi connectivity index (χ4n) is 1.81. The highest BCUT2D eigenvalue weighted by Crippen LogP contribution is 2.25. The Hall–Kier alpha value is -1.60. The highest BCUT2D eigenvalue weighted by atomic mass is 32.2. The van der Waals surface area contributed by atoms with Crippen LogP contribution in [-0.4, -0.2) is 33.0 Å². The van der Waals surface area contributed by atoms with Crippen LogP contribution in [0.4, 0.5) is 0 Å². The second-order valence-corrected chi connectivity index (χ2v) is 8.03. The van der Waals surface area contributed by atoms with Crippen LogP contribution in [0, 0.1) is 0 Å². The van der Waals surface area contributed by atoms with E-state index in [1.54, 1.807) is 13.8 Å². The van der Waals surface area contributed by atoms with Crippen LogP contribution < -0.4 is 14.8 Å². The summed E-state index contributed by atoms with van der Waals surface area (Å²) in [5.41, 5.74) is -0.147. The summed E-state index contributed by atoms with van der Waals surface area (Å²) in [5, 5.41) is 2.80. The first-order valence-electron chi connectivity index (χ1n) is 6.99. The number of sulfonamides is 1. The molecule has 7 heteroatoms. The summed E-state index contributed by atoms with van der Waals surface area (Å²) in [6, 6.07) is 4.08. The van der Waals surface area contributed by atoms with Gasteiger partial charge in [0.2, 0.25) is 10.0 Å². The maximum absolute atomic E-state index is 12.4. The zero-order valence-electron chi connectivity index (χ0n) is 13.9. The fourth-order valence-corrected chi connectivity index (χ4v) is 3.26. The van der Waals surface area contributed by atoms with Gasteiger partial charge in [-0.1, -0.05) is 0 Å². The first-order valence-corrected chi connectivity index (χ1v) is 8.47. The lowest BCUT2D eigenvalue weighted by atomic mass is 10.1. The Morgan fingerprint density at radius 1 is 1.23 bits per heavy atom. The summed E-state index contributed by atoms with van der Waals surface area (Å²) in [6.07, 6.45) is 0. The van der Waals surface area contributed by atoms with Crippen LogP contribution in [0.3, 0.4) is 0 Å². The van der Waals surface area contributed by atoms with Crippen molar-refractivity contribution in [2.75, 3.05) is 7.11 Å². The summed E-state index contributed by atoms with van der Waals surface area (Å²) < 4.78 is 32.3. The average Bonchev–Trinajstić information content (AvgIpc) is 2.34. The van der Waals surface area contributed by atoms with Crippen LogP contribution in [0.1, 0.15) is 45.0 Å². The van der Waals surface area contributed by atoms with Crippen LogP contribution in [-0.2, 0) is 10.0 Å². The number of benzene rings is 1. The van der Waals surface area contributed by atoms with Crippen molar-refractivity contribution in [3.63, 3.8) is 0 Å². The third-order valence-electron chi connectivity index (χ3n) is 2.59. The first kappa shape index (κ1) is 18.4. The van der Waals surface area contributed by atoms with Crippen LogP contribution in [0.2, 0.25) is 0 Å². The minimum atomic E-state index is -3.76. The number of hydrogen-bond acceptors (Lipinski definition) is 4. The van der Waals surface area contributed by atoms with Gasteiger partial charge in [0.1, 0.15) is 10.6 Å². The predicted molar refractivity (Wildman–Crippen MR) is 85.7 cm³/mol. The van der Waals surface area contributed by atoms with Crippen molar-refractivity contribution in [3.05, 3.63) is 23.8 Å². The zero-order valence-corrected chi connectivity index (χ0v) is 14.7. The summed E-state index contributed by atoms with van der Waals surface area (Å²) >= 11 is 0. The molecule has 0 saturated heterocycles. The number of hydrogen-bond donors (Lipinski definition) is 2. The Labute approximate surface area is 132 Å². The molecule has 0 radical (unpaired) electrons. The average molecular weight is 328 g/mol. The molecule has 1 amide bonds. The zero-order chi connectivity index (χ0) is 17.1. The van der Waals surface area contributed by atoms with E-state index in [4.69, 9.17) is 4.74 Å². The maximum Gasteiger partial charge on any atom is 0.251 e. The molecular formula is C15H24N2O4S. The molecule has 1 aromatic rings. The van der Waals surface area contributed by atoms with E-state index in [-0.39, 0.29) is 28.2 Å². The van der Waals surface area contributed by atoms with Gasteiger partial charge >= 0.3 is 0 Å². The highest BCUT2D eigenvalue weighted by molar-refractivity contribution is 7.89. The molecule has 0 aliphatic rings. The van der Waals surface area contributed by atoms with Crippen molar-refractivity contribution < 1.29 is 17.9 Å². The standard InChI is InChI=1S/C15H24N2O4S/c1-10(2)17-22(19,20)13-9-11(7-8-12(13)21-6)14(18)16-15(3,4)5/h7-10,17H,1-6H3,(H,16,18). The van der Waals surface area contributed by atoms with E-state index >= 15 is 0 Å². The van der Waals surface area contributed by atoms with Gasteiger partial charge in [-0.05, 0) is 52.8 Å². The van der Waals surface area contributed by atoms with Crippen molar-refractivity contribution in [3.8, 4) is 5.75 Å². The quantitative estimate of drug-likeness (QED) is 0.865. The Morgan fingerprint density at radius 3 is 2.27 bits per heavy atom. The molecule has 0 saturated carbocycles. The first-order chi connectivity index (χ1) is 9.96. The lowest BCUT2D eigenvalue weighted by Gasteiger charge is -2.21. The summed E-state index contributed by atoms with van der Waals surface area (Å²) in [7, 11) is -2.37. The van der Waals surface area contributed by atoms with Gasteiger partial charge in [-0.3, -0.25) is 4.79 Å². The molecule has 0 spiro atoms. The molecule has 0 heterocycles. The molecular weight excluding hydrogens is 304 g/mol. The topological polar surface area (TPSA) is 84.5 Å². The normalized spacial score (nSPS) is 12.3. The summed E-state index contributed by atoms with van der Waals surface area (Å²) in [6.45, 7) is 9.01. The van der Waals surface area contributed by atoms with Crippen molar-refractivity contribution >= 4 is 15.9 Å². The van der Waals surface area contributed by atoms with Crippen LogP contribution >= 0.6 is 0 Å². The van der Waals surface area contributed by atoms with E-state index in [2.05, 4.69) is 10.0 Å². The number of amides is 1. The predicted octanol–water partition coefficient (Wildman–Crippen LogP) is 1.91. The molecule has 22 heavy (non-hydrogen) atoms. The van der Waals surface area contributed by atoms with Crippen molar-refractivity contribution in [1.82, 2.24) is 10.0 Å². The summed E-state index contributed by atoms with van der Waals surface area (Å²) in [4.78, 5) is 12.1. The Morgan fingerprint density at radius 2 is 1.82 bits per heavy atom. The molecule has 1 aromatic carbocycles. The lowest BCUT2D eigenvalue weighted by molar-refractivity contribution is 0.0919. The van der Waals surface area contributed by atoms with E-state index in [9.17, 15) is 13.2 Å². The van der Waals surface area contributed by atoms with Gasteiger partial charge in [-0.15, -0.1) is 0 Å². The number of carbonyl (C=O) groups is 1. The third-order valence-corrected chi connectivity index (χ3v) is 4.27. The monoisotopic (exact) mass is 328 g/mol. The third kappa shape index (κ3) is 4.99. The SMILES string of the molecule is COc1ccc(C(=O)NC(C)(C)C)cc1S(=O)(=O)NC(C)C. The van der Waals surface area contributed by atoms with E-state index in [0.29, 0.717) is 0 Å². The number of carbonyl (C=O) groups excluding carboxylic acids is 1. The number of methoxy groups -OCH3 is 1. The molecule has 124 valence electrons. The van der Waals surface area contributed by atoms with E-state index in [1.165, 1.54) is 25.3 Å². The molecule has 0 atom stereocenters. The van der Waals surface area contributed by atoms with Crippen LogP contribution in [0.5, 0.6) is 5.75 Å². The minimum Gasteiger partial charge on any atom is -0.495 e. The molecule has 6 nitrogen and oxygen atoms in total. The van der Waals surface area contributed by atoms with Crippen LogP contribution in [0.15, 0.2) is 23.1 Å². The van der Waals surface area contributed by atoms with Gasteiger partial charge in [-0.25, -0.2) is 13.1 Å². The second kappa shape index (κ2) is 6.66. The maximum atomic E-state index is 12.4. The van der Waals surface area contributed by atoms with Gasteiger partial charge in [0.25, 0.3) is 5.91 Å². The van der Waals surface area contributed by atoms with Gasteiger partial charge < -0.3 is 10.1 Å². The van der Waals surface area contributed by atoms with Crippen molar-refractivity contribution in [1.29, 1.82) is 0 Å². The van der Waals surface area contributed by atoms with E-state index < -0.39 is 15.6 Å². The molecule has 0 unspecified atom stereocenters. The van der Waals surface area contributed by atoms with E-state index in [1.807, 2.05) is 20.8 Å². The molecule has 0 aromatic heterocycles. The molecule has 0 aliphatic heterocycles. The number of ether oxygens (including phenoxy) is 1. The Balaban J connectivity index is 3.28. The Bertz CT molecular complexity index is 646. The summed E-state index contributed by atoms with van der Waals surface area (Å²) in [5.74, 6) is -0.142. The smallest absolute Gasteiger partial charge is 0.251 e. The fraction of sp³-hybridized carbons (Fsp3) is 0.533. The molecule has 2 N–H and O–H groups in total. The molecule has 0 aliphatic carbocycles. The second-order valence-electron chi connectivity index (χ2n) is 6.35. The van der Waals surface area contributed by atoms with Crippen molar-refractivity contribution in [2.24, 2.45) is 0 Å². The Kier molecular flexibility index (Phi) is 5.59. The molecule has 1 rings (SSSR count). The van der Waals surface area contributed by atoms with Gasteiger partial charge in [0, 0.05) is 17.1 Å². The van der Waals surface area contributed by atoms with Gasteiger partial charge in [0.15, 0.2) is 0 Å². The van der Waals surface area contributed by atoms with Crippen molar-refractivity contribution in [2.45, 2.75) is 51.1 Å². The van der Waals surface area contributed by atoms with Gasteiger partial charge in [0.05, 0.1) is 7.11 Å². The van der Waals surface area contributed by atoms with E-state index in [0.717, 1.165) is 0 Å². The number of rotatable bonds is 5. The molecule has 0 fully saturated rings. The lowest BCUT2D eigenvalue weighted by Crippen LogP contribution is -2.40.